The number of anilines is 1. The number of rotatable bonds is 6. The largest absolute Gasteiger partial charge is 0.380 e. The summed E-state index contributed by atoms with van der Waals surface area (Å²) in [5.41, 5.74) is 1.39. The minimum absolute atomic E-state index is 0.375. The number of piperidine rings is 1. The summed E-state index contributed by atoms with van der Waals surface area (Å²) in [4.78, 5) is 8.94. The lowest BCUT2D eigenvalue weighted by Gasteiger charge is -2.31. The van der Waals surface area contributed by atoms with Gasteiger partial charge in [0.25, 0.3) is 0 Å². The van der Waals surface area contributed by atoms with Crippen molar-refractivity contribution in [3.63, 3.8) is 0 Å². The summed E-state index contributed by atoms with van der Waals surface area (Å²) in [5.74, 6) is 0.744. The fourth-order valence-electron chi connectivity index (χ4n) is 3.12. The fraction of sp³-hybridized carbons (Fsp3) is 0.812. The first-order chi connectivity index (χ1) is 10.3. The van der Waals surface area contributed by atoms with Crippen molar-refractivity contribution in [1.82, 2.24) is 10.3 Å². The predicted octanol–water partition coefficient (Wildman–Crippen LogP) is 2.89. The number of thiazole rings is 1. The molecule has 2 heterocycles. The summed E-state index contributed by atoms with van der Waals surface area (Å²) in [6.07, 6.45) is 8.15. The Balaban J connectivity index is 1.49. The van der Waals surface area contributed by atoms with Crippen LogP contribution in [0.5, 0.6) is 0 Å². The van der Waals surface area contributed by atoms with E-state index in [0.717, 1.165) is 31.6 Å². The van der Waals surface area contributed by atoms with Crippen molar-refractivity contribution in [1.29, 1.82) is 0 Å². The van der Waals surface area contributed by atoms with Crippen LogP contribution >= 0.6 is 11.3 Å². The Labute approximate surface area is 130 Å². The van der Waals surface area contributed by atoms with Crippen LogP contribution in [0.25, 0.3) is 0 Å². The van der Waals surface area contributed by atoms with Gasteiger partial charge in [-0.2, -0.15) is 0 Å². The van der Waals surface area contributed by atoms with Crippen molar-refractivity contribution >= 4 is 16.5 Å². The zero-order chi connectivity index (χ0) is 14.2. The predicted molar refractivity (Wildman–Crippen MR) is 86.2 cm³/mol. The average Bonchev–Trinajstić information content (AvgIpc) is 3.44. The Morgan fingerprint density at radius 3 is 2.86 bits per heavy atom. The van der Waals surface area contributed by atoms with Crippen LogP contribution in [0.1, 0.15) is 55.0 Å². The molecule has 116 valence electrons. The topological polar surface area (TPSA) is 37.4 Å². The standard InChI is InChI=1S/C16H25N3OS/c1-20-13-3-2-8-19(10-13)16-18-15(11-4-5-11)14(21-16)9-17-12-6-7-12/h11-13,17H,2-10H2,1H3. The second-order valence-corrected chi connectivity index (χ2v) is 7.74. The molecule has 1 aliphatic heterocycles. The number of methoxy groups -OCH3 is 1. The number of nitrogens with zero attached hydrogens (tertiary/aromatic N) is 2. The van der Waals surface area contributed by atoms with E-state index in [1.54, 1.807) is 0 Å². The molecular weight excluding hydrogens is 282 g/mol. The molecule has 1 N–H and O–H groups in total. The third-order valence-corrected chi connectivity index (χ3v) is 5.92. The first-order valence-electron chi connectivity index (χ1n) is 8.34. The van der Waals surface area contributed by atoms with Crippen LogP contribution in [0, 0.1) is 0 Å². The Morgan fingerprint density at radius 1 is 1.29 bits per heavy atom. The fourth-order valence-corrected chi connectivity index (χ4v) is 4.25. The van der Waals surface area contributed by atoms with Gasteiger partial charge in [0.05, 0.1) is 11.8 Å². The zero-order valence-corrected chi connectivity index (χ0v) is 13.6. The van der Waals surface area contributed by atoms with E-state index in [4.69, 9.17) is 9.72 Å². The summed E-state index contributed by atoms with van der Waals surface area (Å²) in [5, 5.41) is 4.89. The first-order valence-corrected chi connectivity index (χ1v) is 9.16. The van der Waals surface area contributed by atoms with E-state index in [1.165, 1.54) is 54.2 Å². The number of ether oxygens (including phenoxy) is 1. The van der Waals surface area contributed by atoms with Gasteiger partial charge in [0.1, 0.15) is 0 Å². The van der Waals surface area contributed by atoms with Crippen LogP contribution in [0.3, 0.4) is 0 Å². The molecule has 2 aliphatic carbocycles. The number of hydrogen-bond acceptors (Lipinski definition) is 5. The lowest BCUT2D eigenvalue weighted by atomic mass is 10.1. The normalized spacial score (nSPS) is 26.3. The summed E-state index contributed by atoms with van der Waals surface area (Å²) in [6, 6.07) is 0.774. The molecule has 1 aromatic rings. The highest BCUT2D eigenvalue weighted by atomic mass is 32.1. The highest BCUT2D eigenvalue weighted by molar-refractivity contribution is 7.15. The number of hydrogen-bond donors (Lipinski definition) is 1. The molecule has 1 atom stereocenters. The minimum atomic E-state index is 0.375. The molecule has 1 saturated heterocycles. The molecule has 5 heteroatoms. The molecule has 3 aliphatic rings. The van der Waals surface area contributed by atoms with E-state index < -0.39 is 0 Å². The van der Waals surface area contributed by atoms with Crippen LogP contribution in [0.2, 0.25) is 0 Å². The van der Waals surface area contributed by atoms with Crippen LogP contribution in [0.15, 0.2) is 0 Å². The molecule has 4 nitrogen and oxygen atoms in total. The van der Waals surface area contributed by atoms with Gasteiger partial charge in [-0.05, 0) is 38.5 Å². The van der Waals surface area contributed by atoms with Gasteiger partial charge in [0, 0.05) is 43.6 Å². The van der Waals surface area contributed by atoms with Gasteiger partial charge in [0.15, 0.2) is 5.13 Å². The highest BCUT2D eigenvalue weighted by Gasteiger charge is 2.32. The summed E-state index contributed by atoms with van der Waals surface area (Å²) < 4.78 is 5.55. The lowest BCUT2D eigenvalue weighted by Crippen LogP contribution is -2.39. The maximum atomic E-state index is 5.55. The monoisotopic (exact) mass is 307 g/mol. The maximum absolute atomic E-state index is 5.55. The van der Waals surface area contributed by atoms with Crippen molar-refractivity contribution in [3.8, 4) is 0 Å². The van der Waals surface area contributed by atoms with E-state index in [-0.39, 0.29) is 0 Å². The molecule has 0 aromatic carbocycles. The van der Waals surface area contributed by atoms with Crippen LogP contribution in [0.4, 0.5) is 5.13 Å². The third kappa shape index (κ3) is 3.25. The number of aromatic nitrogens is 1. The Kier molecular flexibility index (Phi) is 3.90. The average molecular weight is 307 g/mol. The van der Waals surface area contributed by atoms with Crippen molar-refractivity contribution in [2.75, 3.05) is 25.1 Å². The van der Waals surface area contributed by atoms with Crippen molar-refractivity contribution in [2.45, 2.75) is 63.1 Å². The first kappa shape index (κ1) is 14.0. The Bertz CT molecular complexity index is 496. The summed E-state index contributed by atoms with van der Waals surface area (Å²) in [7, 11) is 1.83. The molecule has 0 radical (unpaired) electrons. The van der Waals surface area contributed by atoms with E-state index in [0.29, 0.717) is 6.10 Å². The van der Waals surface area contributed by atoms with Crippen molar-refractivity contribution in [3.05, 3.63) is 10.6 Å². The van der Waals surface area contributed by atoms with Gasteiger partial charge in [0.2, 0.25) is 0 Å². The molecular formula is C16H25N3OS. The smallest absolute Gasteiger partial charge is 0.185 e. The van der Waals surface area contributed by atoms with E-state index in [9.17, 15) is 0 Å². The van der Waals surface area contributed by atoms with Gasteiger partial charge in [-0.3, -0.25) is 0 Å². The van der Waals surface area contributed by atoms with E-state index in [2.05, 4.69) is 10.2 Å². The van der Waals surface area contributed by atoms with Gasteiger partial charge in [-0.15, -0.1) is 11.3 Å². The van der Waals surface area contributed by atoms with Gasteiger partial charge in [-0.25, -0.2) is 4.98 Å². The molecule has 0 amide bonds. The highest BCUT2D eigenvalue weighted by Crippen LogP contribution is 2.44. The lowest BCUT2D eigenvalue weighted by molar-refractivity contribution is 0.0893. The van der Waals surface area contributed by atoms with Crippen LogP contribution < -0.4 is 10.2 Å². The van der Waals surface area contributed by atoms with Crippen LogP contribution in [-0.4, -0.2) is 37.3 Å². The Hall–Kier alpha value is -0.650. The molecule has 4 rings (SSSR count). The Morgan fingerprint density at radius 2 is 2.14 bits per heavy atom. The van der Waals surface area contributed by atoms with Gasteiger partial charge >= 0.3 is 0 Å². The zero-order valence-electron chi connectivity index (χ0n) is 12.8. The van der Waals surface area contributed by atoms with E-state index in [1.807, 2.05) is 18.4 Å². The quantitative estimate of drug-likeness (QED) is 0.877. The van der Waals surface area contributed by atoms with Gasteiger partial charge < -0.3 is 15.0 Å². The molecule has 21 heavy (non-hydrogen) atoms. The molecule has 0 spiro atoms. The molecule has 2 saturated carbocycles. The molecule has 1 aromatic heterocycles. The third-order valence-electron chi connectivity index (χ3n) is 4.79. The van der Waals surface area contributed by atoms with Crippen molar-refractivity contribution < 1.29 is 4.74 Å². The van der Waals surface area contributed by atoms with Crippen LogP contribution in [-0.2, 0) is 11.3 Å². The molecule has 3 fully saturated rings. The second-order valence-electron chi connectivity index (χ2n) is 6.68. The van der Waals surface area contributed by atoms with E-state index >= 15 is 0 Å². The molecule has 1 unspecified atom stereocenters. The SMILES string of the molecule is COC1CCCN(c2nc(C3CC3)c(CNC3CC3)s2)C1. The second kappa shape index (κ2) is 5.86. The minimum Gasteiger partial charge on any atom is -0.380 e. The summed E-state index contributed by atoms with van der Waals surface area (Å²) in [6.45, 7) is 3.16. The number of nitrogens with one attached hydrogen (secondary N) is 1. The summed E-state index contributed by atoms with van der Waals surface area (Å²) >= 11 is 1.91. The van der Waals surface area contributed by atoms with Crippen molar-refractivity contribution in [2.24, 2.45) is 0 Å². The maximum Gasteiger partial charge on any atom is 0.185 e. The molecule has 0 bridgehead atoms. The van der Waals surface area contributed by atoms with Gasteiger partial charge in [-0.1, -0.05) is 0 Å².